The highest BCUT2D eigenvalue weighted by atomic mass is 32.2. The van der Waals surface area contributed by atoms with Crippen LogP contribution in [-0.2, 0) is 4.79 Å². The molecule has 3 aromatic rings. The van der Waals surface area contributed by atoms with Gasteiger partial charge < -0.3 is 9.64 Å². The number of amides is 1. The molecule has 1 aliphatic rings. The smallest absolute Gasteiger partial charge is 0.243 e. The molecule has 0 N–H and O–H groups in total. The van der Waals surface area contributed by atoms with Crippen LogP contribution in [0, 0.1) is 0 Å². The summed E-state index contributed by atoms with van der Waals surface area (Å²) >= 11 is 1.62. The van der Waals surface area contributed by atoms with Gasteiger partial charge in [0.2, 0.25) is 5.91 Å². The molecular weight excluding hydrogens is 366 g/mol. The highest BCUT2D eigenvalue weighted by Gasteiger charge is 2.47. The first kappa shape index (κ1) is 18.4. The SMILES string of the molecule is COc1ccc(N2C(=O)[C@H](Sc3ccccc3)[C@H]2/C=C/c2ccccc2)cc1. The van der Waals surface area contributed by atoms with Crippen molar-refractivity contribution in [3.8, 4) is 5.75 Å². The molecule has 1 saturated heterocycles. The molecule has 4 rings (SSSR count). The van der Waals surface area contributed by atoms with Crippen LogP contribution in [-0.4, -0.2) is 24.3 Å². The van der Waals surface area contributed by atoms with Crippen LogP contribution in [0.5, 0.6) is 5.75 Å². The van der Waals surface area contributed by atoms with Crippen LogP contribution in [0.1, 0.15) is 5.56 Å². The molecule has 0 saturated carbocycles. The molecule has 28 heavy (non-hydrogen) atoms. The summed E-state index contributed by atoms with van der Waals surface area (Å²) in [5.74, 6) is 0.907. The zero-order valence-electron chi connectivity index (χ0n) is 15.6. The zero-order chi connectivity index (χ0) is 19.3. The van der Waals surface area contributed by atoms with E-state index in [2.05, 4.69) is 24.3 Å². The summed E-state index contributed by atoms with van der Waals surface area (Å²) in [5.41, 5.74) is 2.01. The second-order valence-corrected chi connectivity index (χ2v) is 7.73. The van der Waals surface area contributed by atoms with E-state index in [4.69, 9.17) is 4.74 Å². The molecule has 1 heterocycles. The van der Waals surface area contributed by atoms with Gasteiger partial charge in [0.05, 0.1) is 13.2 Å². The Bertz CT molecular complexity index is 955. The predicted molar refractivity (Wildman–Crippen MR) is 116 cm³/mol. The number of hydrogen-bond acceptors (Lipinski definition) is 3. The Hall–Kier alpha value is -2.98. The third-order valence-electron chi connectivity index (χ3n) is 4.73. The van der Waals surface area contributed by atoms with Crippen molar-refractivity contribution in [2.45, 2.75) is 16.2 Å². The van der Waals surface area contributed by atoms with Crippen LogP contribution in [0.25, 0.3) is 6.08 Å². The third-order valence-corrected chi connectivity index (χ3v) is 6.01. The molecule has 1 aliphatic heterocycles. The van der Waals surface area contributed by atoms with E-state index in [1.807, 2.05) is 77.7 Å². The molecule has 2 atom stereocenters. The lowest BCUT2D eigenvalue weighted by molar-refractivity contribution is -0.122. The van der Waals surface area contributed by atoms with Crippen LogP contribution in [0.2, 0.25) is 0 Å². The van der Waals surface area contributed by atoms with E-state index < -0.39 is 0 Å². The molecule has 0 spiro atoms. The largest absolute Gasteiger partial charge is 0.497 e. The van der Waals surface area contributed by atoms with Crippen molar-refractivity contribution >= 4 is 29.4 Å². The minimum atomic E-state index is -0.135. The highest BCUT2D eigenvalue weighted by Crippen LogP contribution is 2.40. The van der Waals surface area contributed by atoms with E-state index in [9.17, 15) is 4.79 Å². The maximum absolute atomic E-state index is 13.0. The number of ether oxygens (including phenoxy) is 1. The summed E-state index contributed by atoms with van der Waals surface area (Å²) in [5, 5.41) is -0.135. The fourth-order valence-electron chi connectivity index (χ4n) is 3.25. The molecule has 140 valence electrons. The van der Waals surface area contributed by atoms with Crippen molar-refractivity contribution in [1.29, 1.82) is 0 Å². The van der Waals surface area contributed by atoms with Crippen molar-refractivity contribution in [2.75, 3.05) is 12.0 Å². The third kappa shape index (κ3) is 3.82. The monoisotopic (exact) mass is 387 g/mol. The number of carbonyl (C=O) groups is 1. The number of anilines is 1. The van der Waals surface area contributed by atoms with Gasteiger partial charge in [-0.15, -0.1) is 11.8 Å². The second-order valence-electron chi connectivity index (χ2n) is 6.52. The molecule has 4 heteroatoms. The maximum Gasteiger partial charge on any atom is 0.243 e. The number of carbonyl (C=O) groups excluding carboxylic acids is 1. The van der Waals surface area contributed by atoms with Gasteiger partial charge >= 0.3 is 0 Å². The molecule has 0 unspecified atom stereocenters. The number of nitrogens with zero attached hydrogens (tertiary/aromatic N) is 1. The van der Waals surface area contributed by atoms with E-state index >= 15 is 0 Å². The Morgan fingerprint density at radius 2 is 1.54 bits per heavy atom. The summed E-state index contributed by atoms with van der Waals surface area (Å²) in [4.78, 5) is 15.9. The fourth-order valence-corrected chi connectivity index (χ4v) is 4.43. The zero-order valence-corrected chi connectivity index (χ0v) is 16.4. The second kappa shape index (κ2) is 8.36. The first-order valence-electron chi connectivity index (χ1n) is 9.18. The molecule has 0 aromatic heterocycles. The molecule has 0 aliphatic carbocycles. The summed E-state index contributed by atoms with van der Waals surface area (Å²) in [6.07, 6.45) is 4.22. The summed E-state index contributed by atoms with van der Waals surface area (Å²) < 4.78 is 5.24. The topological polar surface area (TPSA) is 29.5 Å². The molecule has 0 radical (unpaired) electrons. The molecule has 1 fully saturated rings. The molecular formula is C24H21NO2S. The Morgan fingerprint density at radius 1 is 0.893 bits per heavy atom. The molecule has 0 bridgehead atoms. The number of β-lactam (4-membered cyclic amide) rings is 1. The Kier molecular flexibility index (Phi) is 5.49. The van der Waals surface area contributed by atoms with Crippen molar-refractivity contribution in [1.82, 2.24) is 0 Å². The van der Waals surface area contributed by atoms with E-state index in [0.717, 1.165) is 21.9 Å². The van der Waals surface area contributed by atoms with Gasteiger partial charge in [0.1, 0.15) is 11.0 Å². The van der Waals surface area contributed by atoms with E-state index in [1.54, 1.807) is 18.9 Å². The van der Waals surface area contributed by atoms with E-state index in [-0.39, 0.29) is 17.2 Å². The fraction of sp³-hybridized carbons (Fsp3) is 0.125. The minimum Gasteiger partial charge on any atom is -0.497 e. The van der Waals surface area contributed by atoms with Gasteiger partial charge in [0, 0.05) is 10.6 Å². The van der Waals surface area contributed by atoms with Crippen LogP contribution in [0.3, 0.4) is 0 Å². The quantitative estimate of drug-likeness (QED) is 0.539. The van der Waals surface area contributed by atoms with E-state index in [0.29, 0.717) is 0 Å². The number of hydrogen-bond donors (Lipinski definition) is 0. The predicted octanol–water partition coefficient (Wildman–Crippen LogP) is 5.28. The summed E-state index contributed by atoms with van der Waals surface area (Å²) in [7, 11) is 1.64. The number of methoxy groups -OCH3 is 1. The van der Waals surface area contributed by atoms with Crippen molar-refractivity contribution < 1.29 is 9.53 Å². The number of benzene rings is 3. The van der Waals surface area contributed by atoms with Crippen LogP contribution >= 0.6 is 11.8 Å². The van der Waals surface area contributed by atoms with Crippen molar-refractivity contribution in [2.24, 2.45) is 0 Å². The van der Waals surface area contributed by atoms with Crippen molar-refractivity contribution in [3.63, 3.8) is 0 Å². The van der Waals surface area contributed by atoms with E-state index in [1.165, 1.54) is 0 Å². The lowest BCUT2D eigenvalue weighted by atomic mass is 9.98. The summed E-state index contributed by atoms with van der Waals surface area (Å²) in [6.45, 7) is 0. The maximum atomic E-state index is 13.0. The van der Waals surface area contributed by atoms with Gasteiger partial charge in [-0.1, -0.05) is 60.7 Å². The van der Waals surface area contributed by atoms with Gasteiger partial charge in [0.15, 0.2) is 0 Å². The minimum absolute atomic E-state index is 0.00805. The Labute approximate surface area is 169 Å². The van der Waals surface area contributed by atoms with Gasteiger partial charge in [-0.2, -0.15) is 0 Å². The van der Waals surface area contributed by atoms with Crippen LogP contribution in [0.4, 0.5) is 5.69 Å². The van der Waals surface area contributed by atoms with Gasteiger partial charge in [-0.3, -0.25) is 4.79 Å². The lowest BCUT2D eigenvalue weighted by Gasteiger charge is -2.45. The molecule has 3 nitrogen and oxygen atoms in total. The molecule has 1 amide bonds. The van der Waals surface area contributed by atoms with Crippen LogP contribution in [0.15, 0.2) is 95.9 Å². The lowest BCUT2D eigenvalue weighted by Crippen LogP contribution is -2.62. The van der Waals surface area contributed by atoms with Gasteiger partial charge in [-0.05, 0) is 42.0 Å². The van der Waals surface area contributed by atoms with Crippen LogP contribution < -0.4 is 9.64 Å². The van der Waals surface area contributed by atoms with Gasteiger partial charge in [0.25, 0.3) is 0 Å². The first-order chi connectivity index (χ1) is 13.8. The summed E-state index contributed by atoms with van der Waals surface area (Å²) in [6, 6.07) is 27.9. The highest BCUT2D eigenvalue weighted by molar-refractivity contribution is 8.00. The van der Waals surface area contributed by atoms with Crippen molar-refractivity contribution in [3.05, 3.63) is 96.6 Å². The average Bonchev–Trinajstić information content (AvgIpc) is 2.76. The molecule has 3 aromatic carbocycles. The standard InChI is InChI=1S/C24H21NO2S/c1-27-20-15-13-19(14-16-20)25-22(17-12-18-8-4-2-5-9-18)23(24(25)26)28-21-10-6-3-7-11-21/h2-17,22-23H,1H3/b17-12+/t22-,23-/m1/s1. The van der Waals surface area contributed by atoms with Gasteiger partial charge in [-0.25, -0.2) is 0 Å². The Balaban J connectivity index is 1.60. The first-order valence-corrected chi connectivity index (χ1v) is 10.1. The average molecular weight is 388 g/mol. The number of thioether (sulfide) groups is 1. The Morgan fingerprint density at radius 3 is 2.18 bits per heavy atom. The normalized spacial score (nSPS) is 18.9. The number of rotatable bonds is 6.